The molecule has 1 aromatic rings. The zero-order chi connectivity index (χ0) is 15.3. The van der Waals surface area contributed by atoms with Crippen LogP contribution in [0.1, 0.15) is 38.1 Å². The number of rotatable bonds is 3. The van der Waals surface area contributed by atoms with Crippen LogP contribution >= 0.6 is 0 Å². The number of carbonyl (C=O) groups excluding carboxylic acids is 1. The van der Waals surface area contributed by atoms with Crippen molar-refractivity contribution in [3.8, 4) is 0 Å². The van der Waals surface area contributed by atoms with Gasteiger partial charge in [-0.3, -0.25) is 4.79 Å². The smallest absolute Gasteiger partial charge is 0.337 e. The minimum Gasteiger partial charge on any atom is -0.478 e. The first-order valence-electron chi connectivity index (χ1n) is 6.72. The van der Waals surface area contributed by atoms with E-state index in [0.29, 0.717) is 5.69 Å². The van der Waals surface area contributed by atoms with Gasteiger partial charge in [0.1, 0.15) is 0 Å². The minimum atomic E-state index is -1.02. The standard InChI is InChI=1S/C16H21NO3/c1-15(2)12(16(15,3)4)13(18)17(5)11-9-7-6-8-10(11)14(19)20/h6-9,12H,1-5H3,(H,19,20). The maximum absolute atomic E-state index is 12.6. The van der Waals surface area contributed by atoms with Crippen LogP contribution in [0.5, 0.6) is 0 Å². The molecule has 2 rings (SSSR count). The third kappa shape index (κ3) is 1.90. The molecule has 0 aromatic heterocycles. The molecule has 1 aliphatic rings. The van der Waals surface area contributed by atoms with E-state index in [9.17, 15) is 14.7 Å². The Kier molecular flexibility index (Phi) is 3.16. The van der Waals surface area contributed by atoms with Gasteiger partial charge in [0, 0.05) is 13.0 Å². The van der Waals surface area contributed by atoms with E-state index >= 15 is 0 Å². The van der Waals surface area contributed by atoms with Gasteiger partial charge in [-0.2, -0.15) is 0 Å². The fraction of sp³-hybridized carbons (Fsp3) is 0.500. The van der Waals surface area contributed by atoms with Gasteiger partial charge in [0.05, 0.1) is 11.3 Å². The minimum absolute atomic E-state index is 0.0197. The Bertz CT molecular complexity index is 561. The molecule has 0 unspecified atom stereocenters. The van der Waals surface area contributed by atoms with Gasteiger partial charge in [0.15, 0.2) is 0 Å². The van der Waals surface area contributed by atoms with Crippen molar-refractivity contribution < 1.29 is 14.7 Å². The Labute approximate surface area is 119 Å². The molecule has 1 amide bonds. The molecule has 4 heteroatoms. The van der Waals surface area contributed by atoms with Gasteiger partial charge in [-0.15, -0.1) is 0 Å². The van der Waals surface area contributed by atoms with Crippen molar-refractivity contribution >= 4 is 17.6 Å². The molecule has 1 fully saturated rings. The maximum Gasteiger partial charge on any atom is 0.337 e. The Balaban J connectivity index is 2.32. The van der Waals surface area contributed by atoms with Crippen LogP contribution in [0.15, 0.2) is 24.3 Å². The van der Waals surface area contributed by atoms with E-state index in [1.165, 1.54) is 11.0 Å². The molecule has 1 saturated carbocycles. The SMILES string of the molecule is CN(C(=O)C1C(C)(C)C1(C)C)c1ccccc1C(=O)O. The second kappa shape index (κ2) is 4.33. The van der Waals surface area contributed by atoms with Gasteiger partial charge in [-0.25, -0.2) is 4.79 Å². The summed E-state index contributed by atoms with van der Waals surface area (Å²) in [6.45, 7) is 8.30. The summed E-state index contributed by atoms with van der Waals surface area (Å²) in [5.41, 5.74) is 0.482. The van der Waals surface area contributed by atoms with E-state index in [1.54, 1.807) is 25.2 Å². The highest BCUT2D eigenvalue weighted by molar-refractivity contribution is 6.03. The quantitative estimate of drug-likeness (QED) is 0.922. The third-order valence-corrected chi connectivity index (χ3v) is 5.09. The lowest BCUT2D eigenvalue weighted by Gasteiger charge is -2.20. The van der Waals surface area contributed by atoms with Crippen molar-refractivity contribution in [2.45, 2.75) is 27.7 Å². The van der Waals surface area contributed by atoms with Crippen LogP contribution in [0.3, 0.4) is 0 Å². The monoisotopic (exact) mass is 275 g/mol. The number of hydrogen-bond acceptors (Lipinski definition) is 2. The van der Waals surface area contributed by atoms with Crippen molar-refractivity contribution in [3.63, 3.8) is 0 Å². The van der Waals surface area contributed by atoms with Gasteiger partial charge in [-0.1, -0.05) is 39.8 Å². The number of carbonyl (C=O) groups is 2. The van der Waals surface area contributed by atoms with Crippen molar-refractivity contribution in [1.82, 2.24) is 0 Å². The van der Waals surface area contributed by atoms with Crippen molar-refractivity contribution in [2.24, 2.45) is 16.7 Å². The molecule has 1 aromatic carbocycles. The van der Waals surface area contributed by atoms with Crippen molar-refractivity contribution in [3.05, 3.63) is 29.8 Å². The molecule has 0 spiro atoms. The molecule has 4 nitrogen and oxygen atoms in total. The summed E-state index contributed by atoms with van der Waals surface area (Å²) in [7, 11) is 1.65. The molecule has 0 bridgehead atoms. The van der Waals surface area contributed by atoms with Crippen LogP contribution in [-0.2, 0) is 4.79 Å². The predicted molar refractivity (Wildman–Crippen MR) is 77.9 cm³/mol. The van der Waals surface area contributed by atoms with E-state index in [1.807, 2.05) is 0 Å². The fourth-order valence-corrected chi connectivity index (χ4v) is 3.07. The van der Waals surface area contributed by atoms with Crippen molar-refractivity contribution in [2.75, 3.05) is 11.9 Å². The summed E-state index contributed by atoms with van der Waals surface area (Å²) >= 11 is 0. The Morgan fingerprint density at radius 3 is 2.05 bits per heavy atom. The van der Waals surface area contributed by atoms with Gasteiger partial charge in [-0.05, 0) is 23.0 Å². The Morgan fingerprint density at radius 2 is 1.60 bits per heavy atom. The highest BCUT2D eigenvalue weighted by Gasteiger charge is 2.68. The maximum atomic E-state index is 12.6. The van der Waals surface area contributed by atoms with Crippen LogP contribution in [0.25, 0.3) is 0 Å². The first kappa shape index (κ1) is 14.6. The number of benzene rings is 1. The van der Waals surface area contributed by atoms with Gasteiger partial charge < -0.3 is 10.0 Å². The topological polar surface area (TPSA) is 57.6 Å². The number of anilines is 1. The van der Waals surface area contributed by atoms with E-state index in [4.69, 9.17) is 0 Å². The molecule has 108 valence electrons. The molecule has 20 heavy (non-hydrogen) atoms. The Hall–Kier alpha value is -1.84. The zero-order valence-electron chi connectivity index (χ0n) is 12.6. The van der Waals surface area contributed by atoms with E-state index in [-0.39, 0.29) is 28.2 Å². The van der Waals surface area contributed by atoms with Crippen LogP contribution in [0.2, 0.25) is 0 Å². The Morgan fingerprint density at radius 1 is 1.10 bits per heavy atom. The highest BCUT2D eigenvalue weighted by atomic mass is 16.4. The van der Waals surface area contributed by atoms with Gasteiger partial charge in [0.2, 0.25) is 5.91 Å². The molecule has 1 N–H and O–H groups in total. The average Bonchev–Trinajstić information content (AvgIpc) is 2.78. The van der Waals surface area contributed by atoms with Crippen LogP contribution in [-0.4, -0.2) is 24.0 Å². The third-order valence-electron chi connectivity index (χ3n) is 5.09. The fourth-order valence-electron chi connectivity index (χ4n) is 3.07. The molecule has 0 atom stereocenters. The number of amides is 1. The molecule has 0 heterocycles. The van der Waals surface area contributed by atoms with E-state index in [0.717, 1.165) is 0 Å². The summed E-state index contributed by atoms with van der Waals surface area (Å²) in [6, 6.07) is 6.60. The second-order valence-electron chi connectivity index (χ2n) is 6.60. The number of aromatic carboxylic acids is 1. The lowest BCUT2D eigenvalue weighted by molar-refractivity contribution is -0.120. The highest BCUT2D eigenvalue weighted by Crippen LogP contribution is 2.68. The molecule has 0 radical (unpaired) electrons. The number of carboxylic acid groups (broad SMARTS) is 1. The summed E-state index contributed by atoms with van der Waals surface area (Å²) < 4.78 is 0. The second-order valence-corrected chi connectivity index (χ2v) is 6.60. The molecule has 0 aliphatic heterocycles. The number of carboxylic acids is 1. The number of nitrogens with zero attached hydrogens (tertiary/aromatic N) is 1. The summed E-state index contributed by atoms with van der Waals surface area (Å²) in [6.07, 6.45) is 0. The van der Waals surface area contributed by atoms with Crippen LogP contribution < -0.4 is 4.90 Å². The summed E-state index contributed by atoms with van der Waals surface area (Å²) in [4.78, 5) is 25.4. The number of hydrogen-bond donors (Lipinski definition) is 1. The molecule has 1 aliphatic carbocycles. The zero-order valence-corrected chi connectivity index (χ0v) is 12.6. The number of para-hydroxylation sites is 1. The normalized spacial score (nSPS) is 19.4. The first-order valence-corrected chi connectivity index (χ1v) is 6.72. The molecular formula is C16H21NO3. The van der Waals surface area contributed by atoms with Crippen molar-refractivity contribution in [1.29, 1.82) is 0 Å². The van der Waals surface area contributed by atoms with E-state index in [2.05, 4.69) is 27.7 Å². The summed E-state index contributed by atoms with van der Waals surface area (Å²) in [5.74, 6) is -1.12. The molecular weight excluding hydrogens is 254 g/mol. The van der Waals surface area contributed by atoms with Crippen LogP contribution in [0.4, 0.5) is 5.69 Å². The predicted octanol–water partition coefficient (Wildman–Crippen LogP) is 3.03. The largest absolute Gasteiger partial charge is 0.478 e. The van der Waals surface area contributed by atoms with Gasteiger partial charge in [0.25, 0.3) is 0 Å². The molecule has 0 saturated heterocycles. The van der Waals surface area contributed by atoms with E-state index < -0.39 is 5.97 Å². The average molecular weight is 275 g/mol. The lowest BCUT2D eigenvalue weighted by atomic mass is 10.0. The first-order chi connectivity index (χ1) is 9.12. The summed E-state index contributed by atoms with van der Waals surface area (Å²) in [5, 5.41) is 9.22. The van der Waals surface area contributed by atoms with Gasteiger partial charge >= 0.3 is 5.97 Å². The lowest BCUT2D eigenvalue weighted by Crippen LogP contribution is -2.31. The van der Waals surface area contributed by atoms with Crippen LogP contribution in [0, 0.1) is 16.7 Å².